The topological polar surface area (TPSA) is 127 Å². The molecule has 0 aliphatic carbocycles. The number of unbranched alkanes of at least 4 members (excludes halogenated alkanes) is 1. The maximum absolute atomic E-state index is 14.6. The molecule has 2 amide bonds. The summed E-state index contributed by atoms with van der Waals surface area (Å²) in [7, 11) is 0. The minimum Gasteiger partial charge on any atom is -0.465 e. The Labute approximate surface area is 246 Å². The zero-order valence-corrected chi connectivity index (χ0v) is 24.4. The number of aliphatic hydroxyl groups is 1. The van der Waals surface area contributed by atoms with Gasteiger partial charge in [-0.25, -0.2) is 4.68 Å². The van der Waals surface area contributed by atoms with E-state index in [0.717, 1.165) is 5.52 Å². The molecule has 6 atom stereocenters. The van der Waals surface area contributed by atoms with E-state index in [-0.39, 0.29) is 44.2 Å². The summed E-state index contributed by atoms with van der Waals surface area (Å²) in [6.45, 7) is 11.7. The van der Waals surface area contributed by atoms with Gasteiger partial charge in [-0.05, 0) is 50.2 Å². The van der Waals surface area contributed by atoms with E-state index in [9.17, 15) is 19.5 Å². The summed E-state index contributed by atoms with van der Waals surface area (Å²) in [6, 6.07) is 5.83. The van der Waals surface area contributed by atoms with Crippen molar-refractivity contribution in [2.45, 2.75) is 76.4 Å². The Hall–Kier alpha value is -3.57. The van der Waals surface area contributed by atoms with Crippen LogP contribution in [0.3, 0.4) is 0 Å². The number of carbonyl (C=O) groups excluding carboxylic acids is 3. The van der Waals surface area contributed by atoms with Crippen molar-refractivity contribution in [3.63, 3.8) is 0 Å². The Morgan fingerprint density at radius 3 is 2.79 bits per heavy atom. The van der Waals surface area contributed by atoms with E-state index in [4.69, 9.17) is 9.47 Å². The van der Waals surface area contributed by atoms with Crippen LogP contribution in [-0.2, 0) is 30.5 Å². The third-order valence-electron chi connectivity index (χ3n) is 8.77. The number of likely N-dealkylation sites (tertiary alicyclic amines) is 1. The van der Waals surface area contributed by atoms with Gasteiger partial charge in [0.05, 0.1) is 42.7 Å². The number of hydrogen-bond donors (Lipinski definition) is 1. The summed E-state index contributed by atoms with van der Waals surface area (Å²) in [5.74, 6) is -2.67. The van der Waals surface area contributed by atoms with Crippen molar-refractivity contribution < 1.29 is 29.0 Å². The number of para-hydroxylation sites is 1. The normalized spacial score (nSPS) is 27.0. The van der Waals surface area contributed by atoms with Gasteiger partial charge in [0.1, 0.15) is 23.8 Å². The first-order valence-corrected chi connectivity index (χ1v) is 14.8. The van der Waals surface area contributed by atoms with Crippen molar-refractivity contribution in [2.75, 3.05) is 19.8 Å². The summed E-state index contributed by atoms with van der Waals surface area (Å²) in [4.78, 5) is 45.4. The molecule has 226 valence electrons. The van der Waals surface area contributed by atoms with E-state index < -0.39 is 41.6 Å². The lowest BCUT2D eigenvalue weighted by molar-refractivity contribution is -0.157. The highest BCUT2D eigenvalue weighted by atomic mass is 16.6. The maximum Gasteiger partial charge on any atom is 0.312 e. The fraction of sp³-hybridized carbons (Fsp3) is 0.581. The Morgan fingerprint density at radius 2 is 2.07 bits per heavy atom. The Morgan fingerprint density at radius 1 is 1.29 bits per heavy atom. The van der Waals surface area contributed by atoms with Crippen molar-refractivity contribution in [1.29, 1.82) is 0 Å². The van der Waals surface area contributed by atoms with Crippen LogP contribution < -0.4 is 0 Å². The number of benzene rings is 1. The molecule has 42 heavy (non-hydrogen) atoms. The number of aliphatic hydroxyl groups excluding tert-OH is 1. The number of amides is 2. The lowest BCUT2D eigenvalue weighted by Gasteiger charge is -2.39. The van der Waals surface area contributed by atoms with Crippen LogP contribution in [0.4, 0.5) is 0 Å². The molecule has 1 N–H and O–H groups in total. The minimum atomic E-state index is -1.20. The lowest BCUT2D eigenvalue weighted by atomic mass is 9.70. The number of carbonyl (C=O) groups is 3. The number of ether oxygens (including phenoxy) is 2. The molecule has 0 radical (unpaired) electrons. The second-order valence-corrected chi connectivity index (χ2v) is 11.9. The van der Waals surface area contributed by atoms with Gasteiger partial charge in [-0.15, -0.1) is 18.3 Å². The molecule has 5 rings (SSSR count). The molecule has 3 aliphatic rings. The molecule has 4 heterocycles. The molecule has 3 fully saturated rings. The number of aromatic nitrogens is 3. The molecule has 11 nitrogen and oxygen atoms in total. The highest BCUT2D eigenvalue weighted by Gasteiger charge is 2.75. The van der Waals surface area contributed by atoms with Crippen molar-refractivity contribution in [3.8, 4) is 0 Å². The van der Waals surface area contributed by atoms with E-state index in [1.54, 1.807) is 21.7 Å². The van der Waals surface area contributed by atoms with E-state index >= 15 is 0 Å². The van der Waals surface area contributed by atoms with Gasteiger partial charge < -0.3 is 24.4 Å². The number of rotatable bonds is 14. The molecule has 0 saturated carbocycles. The number of esters is 1. The first kappa shape index (κ1) is 29.9. The van der Waals surface area contributed by atoms with Gasteiger partial charge in [-0.2, -0.15) is 0 Å². The first-order chi connectivity index (χ1) is 20.3. The third kappa shape index (κ3) is 5.13. The van der Waals surface area contributed by atoms with Crippen LogP contribution in [0, 0.1) is 17.8 Å². The quantitative estimate of drug-likeness (QED) is 0.206. The summed E-state index contributed by atoms with van der Waals surface area (Å²) < 4.78 is 13.8. The van der Waals surface area contributed by atoms with Gasteiger partial charge >= 0.3 is 5.97 Å². The number of allylic oxidation sites excluding steroid dienone is 1. The van der Waals surface area contributed by atoms with Crippen molar-refractivity contribution >= 4 is 28.8 Å². The van der Waals surface area contributed by atoms with Gasteiger partial charge in [0.15, 0.2) is 0 Å². The largest absolute Gasteiger partial charge is 0.465 e. The summed E-state index contributed by atoms with van der Waals surface area (Å²) in [5.41, 5.74) is 0.266. The zero-order chi connectivity index (χ0) is 30.0. The third-order valence-corrected chi connectivity index (χ3v) is 8.77. The van der Waals surface area contributed by atoms with E-state index in [2.05, 4.69) is 23.5 Å². The van der Waals surface area contributed by atoms with Gasteiger partial charge in [0, 0.05) is 6.54 Å². The minimum absolute atomic E-state index is 0.0802. The monoisotopic (exact) mass is 579 g/mol. The molecule has 3 saturated heterocycles. The molecule has 2 unspecified atom stereocenters. The molecule has 1 spiro atoms. The highest BCUT2D eigenvalue weighted by molar-refractivity contribution is 5.98. The van der Waals surface area contributed by atoms with Gasteiger partial charge in [0.2, 0.25) is 11.8 Å². The summed E-state index contributed by atoms with van der Waals surface area (Å²) >= 11 is 0. The first-order valence-electron chi connectivity index (χ1n) is 14.8. The summed E-state index contributed by atoms with van der Waals surface area (Å²) in [5, 5.41) is 19.0. The van der Waals surface area contributed by atoms with Crippen LogP contribution in [0.5, 0.6) is 0 Å². The predicted octanol–water partition coefficient (Wildman–Crippen LogP) is 2.69. The molecule has 1 aromatic carbocycles. The molecule has 3 aliphatic heterocycles. The van der Waals surface area contributed by atoms with Gasteiger partial charge in [-0.3, -0.25) is 14.4 Å². The lowest BCUT2D eigenvalue weighted by Crippen LogP contribution is -2.59. The fourth-order valence-corrected chi connectivity index (χ4v) is 7.08. The van der Waals surface area contributed by atoms with Crippen LogP contribution in [0.15, 0.2) is 49.6 Å². The average molecular weight is 580 g/mol. The van der Waals surface area contributed by atoms with E-state index in [1.165, 1.54) is 4.90 Å². The van der Waals surface area contributed by atoms with Crippen molar-refractivity contribution in [1.82, 2.24) is 24.8 Å². The molecule has 11 heteroatoms. The molecular weight excluding hydrogens is 538 g/mol. The molecule has 2 bridgehead atoms. The SMILES string of the molecule is C=CCCCOC(=O)[C@@H]1[C@H]2C(=O)N([C@@H](CO)CC(C)C)C(C(=O)N(CC=C)Cn3nnc4ccccc43)C23CC[C@H]1O3. The smallest absolute Gasteiger partial charge is 0.312 e. The zero-order valence-electron chi connectivity index (χ0n) is 24.4. The van der Waals surface area contributed by atoms with Gasteiger partial charge in [0.25, 0.3) is 0 Å². The fourth-order valence-electron chi connectivity index (χ4n) is 7.08. The van der Waals surface area contributed by atoms with Crippen LogP contribution in [-0.4, -0.2) is 91.2 Å². The maximum atomic E-state index is 14.6. The van der Waals surface area contributed by atoms with E-state index in [0.29, 0.717) is 37.6 Å². The molecule has 2 aromatic rings. The van der Waals surface area contributed by atoms with Crippen LogP contribution in [0.2, 0.25) is 0 Å². The highest BCUT2D eigenvalue weighted by Crippen LogP contribution is 2.59. The predicted molar refractivity (Wildman–Crippen MR) is 155 cm³/mol. The Balaban J connectivity index is 1.51. The number of hydrogen-bond acceptors (Lipinski definition) is 8. The van der Waals surface area contributed by atoms with Crippen LogP contribution in [0.25, 0.3) is 11.0 Å². The second kappa shape index (κ2) is 12.3. The van der Waals surface area contributed by atoms with Gasteiger partial charge in [-0.1, -0.05) is 43.3 Å². The molecule has 1 aromatic heterocycles. The van der Waals surface area contributed by atoms with Crippen LogP contribution in [0.1, 0.15) is 46.0 Å². The summed E-state index contributed by atoms with van der Waals surface area (Å²) in [6.07, 6.45) is 5.71. The standard InChI is InChI=1S/C31H41N5O6/c1-5-7-10-16-41-30(40)25-24-13-14-31(42-24)26(25)28(38)36(21(18-37)17-20(3)4)27(31)29(39)34(15-6-2)19-35-23-12-9-8-11-22(23)32-33-35/h5-6,8-9,11-12,20-21,24-27,37H,1-2,7,10,13-19H2,3-4H3/t21-,24-,25+,26+,27?,31?/m1/s1. The van der Waals surface area contributed by atoms with E-state index in [1.807, 2.05) is 38.1 Å². The average Bonchev–Trinajstić information content (AvgIpc) is 3.73. The second-order valence-electron chi connectivity index (χ2n) is 11.9. The number of nitrogens with zero attached hydrogens (tertiary/aromatic N) is 5. The number of fused-ring (bicyclic) bond motifs is 2. The Bertz CT molecular complexity index is 1340. The van der Waals surface area contributed by atoms with Crippen molar-refractivity contribution in [2.24, 2.45) is 17.8 Å². The van der Waals surface area contributed by atoms with Crippen molar-refractivity contribution in [3.05, 3.63) is 49.6 Å². The van der Waals surface area contributed by atoms with Crippen LogP contribution >= 0.6 is 0 Å². The molecular formula is C31H41N5O6. The Kier molecular flexibility index (Phi) is 8.79.